The summed E-state index contributed by atoms with van der Waals surface area (Å²) in [5.41, 5.74) is 7.37. The molecule has 0 bridgehead atoms. The number of nitrogens with two attached hydrogens (primary N) is 1. The first-order valence-corrected chi connectivity index (χ1v) is 6.46. The van der Waals surface area contributed by atoms with Crippen molar-refractivity contribution in [3.05, 3.63) is 22.0 Å². The Hall–Kier alpha value is -0.930. The molecule has 1 saturated carbocycles. The summed E-state index contributed by atoms with van der Waals surface area (Å²) in [5.74, 6) is 1.18. The molecular formula is C12H12Cl2N2O. The highest BCUT2D eigenvalue weighted by Gasteiger charge is 2.23. The van der Waals surface area contributed by atoms with E-state index in [1.165, 1.54) is 12.8 Å². The third kappa shape index (κ3) is 1.78. The summed E-state index contributed by atoms with van der Waals surface area (Å²) in [6.45, 7) is 0. The van der Waals surface area contributed by atoms with Gasteiger partial charge in [0.05, 0.1) is 15.7 Å². The van der Waals surface area contributed by atoms with E-state index in [-0.39, 0.29) is 0 Å². The van der Waals surface area contributed by atoms with Crippen molar-refractivity contribution in [2.24, 2.45) is 0 Å². The molecule has 0 amide bonds. The van der Waals surface area contributed by atoms with Gasteiger partial charge < -0.3 is 10.2 Å². The first kappa shape index (κ1) is 11.2. The Morgan fingerprint density at radius 1 is 1.29 bits per heavy atom. The lowest BCUT2D eigenvalue weighted by Crippen LogP contribution is -1.91. The van der Waals surface area contributed by atoms with Crippen molar-refractivity contribution in [2.75, 3.05) is 5.73 Å². The van der Waals surface area contributed by atoms with Crippen LogP contribution in [0.4, 0.5) is 5.69 Å². The lowest BCUT2D eigenvalue weighted by atomic mass is 10.1. The first-order chi connectivity index (χ1) is 8.16. The second kappa shape index (κ2) is 4.07. The molecule has 1 heterocycles. The van der Waals surface area contributed by atoms with Crippen molar-refractivity contribution in [3.8, 4) is 0 Å². The van der Waals surface area contributed by atoms with Crippen molar-refractivity contribution in [2.45, 2.75) is 31.6 Å². The van der Waals surface area contributed by atoms with Crippen molar-refractivity contribution in [1.29, 1.82) is 0 Å². The minimum atomic E-state index is 0.368. The lowest BCUT2D eigenvalue weighted by molar-refractivity contribution is 0.474. The number of aromatic nitrogens is 1. The highest BCUT2D eigenvalue weighted by Crippen LogP contribution is 2.39. The van der Waals surface area contributed by atoms with Crippen LogP contribution >= 0.6 is 23.2 Å². The van der Waals surface area contributed by atoms with Gasteiger partial charge in [0, 0.05) is 12.0 Å². The standard InChI is InChI=1S/C12H12Cl2N2O/c13-7-5-8-11(9(14)10(7)15)16-12(17-8)6-3-1-2-4-6/h5-6H,1-4,15H2. The Balaban J connectivity index is 2.15. The van der Waals surface area contributed by atoms with Crippen molar-refractivity contribution in [1.82, 2.24) is 4.98 Å². The molecule has 0 atom stereocenters. The Labute approximate surface area is 109 Å². The maximum atomic E-state index is 6.12. The molecule has 2 aromatic rings. The van der Waals surface area contributed by atoms with Gasteiger partial charge in [-0.1, -0.05) is 36.0 Å². The zero-order valence-electron chi connectivity index (χ0n) is 9.17. The zero-order chi connectivity index (χ0) is 12.0. The second-order valence-corrected chi connectivity index (χ2v) is 5.25. The second-order valence-electron chi connectivity index (χ2n) is 4.47. The number of rotatable bonds is 1. The number of benzene rings is 1. The number of nitrogens with zero attached hydrogens (tertiary/aromatic N) is 1. The number of hydrogen-bond acceptors (Lipinski definition) is 3. The summed E-state index contributed by atoms with van der Waals surface area (Å²) in [6.07, 6.45) is 4.74. The maximum absolute atomic E-state index is 6.12. The van der Waals surface area contributed by atoms with Gasteiger partial charge in [0.25, 0.3) is 0 Å². The van der Waals surface area contributed by atoms with Gasteiger partial charge in [0.2, 0.25) is 0 Å². The van der Waals surface area contributed by atoms with Crippen LogP contribution in [-0.4, -0.2) is 4.98 Å². The maximum Gasteiger partial charge on any atom is 0.198 e. The van der Waals surface area contributed by atoms with Crippen molar-refractivity contribution < 1.29 is 4.42 Å². The van der Waals surface area contributed by atoms with Gasteiger partial charge in [-0.25, -0.2) is 4.98 Å². The molecule has 5 heteroatoms. The van der Waals surface area contributed by atoms with Crippen molar-refractivity contribution in [3.63, 3.8) is 0 Å². The molecule has 0 radical (unpaired) electrons. The molecule has 1 aliphatic carbocycles. The fraction of sp³-hybridized carbons (Fsp3) is 0.417. The zero-order valence-corrected chi connectivity index (χ0v) is 10.7. The highest BCUT2D eigenvalue weighted by atomic mass is 35.5. The third-order valence-electron chi connectivity index (χ3n) is 3.33. The minimum Gasteiger partial charge on any atom is -0.440 e. The van der Waals surface area contributed by atoms with Gasteiger partial charge in [0.15, 0.2) is 11.5 Å². The largest absolute Gasteiger partial charge is 0.440 e. The van der Waals surface area contributed by atoms with E-state index in [4.69, 9.17) is 33.4 Å². The van der Waals surface area contributed by atoms with Crippen LogP contribution in [0.1, 0.15) is 37.5 Å². The van der Waals surface area contributed by atoms with Crippen LogP contribution in [0.5, 0.6) is 0 Å². The van der Waals surface area contributed by atoms with Gasteiger partial charge in [-0.15, -0.1) is 0 Å². The summed E-state index contributed by atoms with van der Waals surface area (Å²) < 4.78 is 5.73. The Bertz CT molecular complexity index is 573. The first-order valence-electron chi connectivity index (χ1n) is 5.70. The van der Waals surface area contributed by atoms with E-state index in [9.17, 15) is 0 Å². The number of nitrogen functional groups attached to an aromatic ring is 1. The molecule has 0 aliphatic heterocycles. The van der Waals surface area contributed by atoms with Crippen LogP contribution in [0.3, 0.4) is 0 Å². The van der Waals surface area contributed by atoms with E-state index in [2.05, 4.69) is 4.98 Å². The number of hydrogen-bond donors (Lipinski definition) is 1. The highest BCUT2D eigenvalue weighted by molar-refractivity contribution is 6.42. The number of oxazole rings is 1. The molecule has 1 aromatic carbocycles. The predicted octanol–water partition coefficient (Wildman–Crippen LogP) is 4.37. The molecule has 1 fully saturated rings. The summed E-state index contributed by atoms with van der Waals surface area (Å²) in [6, 6.07) is 1.68. The van der Waals surface area contributed by atoms with E-state index in [0.29, 0.717) is 32.8 Å². The topological polar surface area (TPSA) is 52.0 Å². The molecule has 1 aromatic heterocycles. The average Bonchev–Trinajstić information content (AvgIpc) is 2.93. The monoisotopic (exact) mass is 270 g/mol. The van der Waals surface area contributed by atoms with Crippen LogP contribution in [0, 0.1) is 0 Å². The summed E-state index contributed by atoms with van der Waals surface area (Å²) in [5, 5.41) is 0.803. The summed E-state index contributed by atoms with van der Waals surface area (Å²) in [4.78, 5) is 4.46. The molecule has 1 aliphatic rings. The molecule has 0 unspecified atom stereocenters. The van der Waals surface area contributed by atoms with Crippen LogP contribution in [0.15, 0.2) is 10.5 Å². The normalized spacial score (nSPS) is 17.1. The van der Waals surface area contributed by atoms with Gasteiger partial charge in [-0.05, 0) is 12.8 Å². The van der Waals surface area contributed by atoms with E-state index in [0.717, 1.165) is 18.7 Å². The number of anilines is 1. The SMILES string of the molecule is Nc1c(Cl)cc2oc(C3CCCC3)nc2c1Cl. The lowest BCUT2D eigenvalue weighted by Gasteiger charge is -2.00. The summed E-state index contributed by atoms with van der Waals surface area (Å²) in [7, 11) is 0. The van der Waals surface area contributed by atoms with Crippen LogP contribution in [-0.2, 0) is 0 Å². The van der Waals surface area contributed by atoms with E-state index < -0.39 is 0 Å². The molecule has 3 rings (SSSR count). The fourth-order valence-electron chi connectivity index (χ4n) is 2.38. The Kier molecular flexibility index (Phi) is 2.68. The predicted molar refractivity (Wildman–Crippen MR) is 69.7 cm³/mol. The molecular weight excluding hydrogens is 259 g/mol. The van der Waals surface area contributed by atoms with E-state index in [1.807, 2.05) is 0 Å². The summed E-state index contributed by atoms with van der Waals surface area (Å²) >= 11 is 12.1. The smallest absolute Gasteiger partial charge is 0.198 e. The van der Waals surface area contributed by atoms with Gasteiger partial charge >= 0.3 is 0 Å². The van der Waals surface area contributed by atoms with Crippen LogP contribution < -0.4 is 5.73 Å². The molecule has 2 N–H and O–H groups in total. The van der Waals surface area contributed by atoms with Gasteiger partial charge in [0.1, 0.15) is 5.52 Å². The van der Waals surface area contributed by atoms with Gasteiger partial charge in [-0.3, -0.25) is 0 Å². The molecule has 90 valence electrons. The quantitative estimate of drug-likeness (QED) is 0.783. The molecule has 0 saturated heterocycles. The molecule has 3 nitrogen and oxygen atoms in total. The Morgan fingerprint density at radius 2 is 2.00 bits per heavy atom. The number of fused-ring (bicyclic) bond motifs is 1. The average molecular weight is 271 g/mol. The van der Waals surface area contributed by atoms with Gasteiger partial charge in [-0.2, -0.15) is 0 Å². The van der Waals surface area contributed by atoms with Crippen molar-refractivity contribution >= 4 is 40.0 Å². The molecule has 17 heavy (non-hydrogen) atoms. The molecule has 0 spiro atoms. The minimum absolute atomic E-state index is 0.368. The van der Waals surface area contributed by atoms with Crippen LogP contribution in [0.2, 0.25) is 10.0 Å². The van der Waals surface area contributed by atoms with E-state index >= 15 is 0 Å². The number of halogens is 2. The third-order valence-corrected chi connectivity index (χ3v) is 4.03. The Morgan fingerprint density at radius 3 is 2.71 bits per heavy atom. The fourth-order valence-corrected chi connectivity index (χ4v) is 2.86. The van der Waals surface area contributed by atoms with E-state index in [1.54, 1.807) is 6.07 Å². The van der Waals surface area contributed by atoms with Crippen LogP contribution in [0.25, 0.3) is 11.1 Å².